The van der Waals surface area contributed by atoms with Crippen LogP contribution in [0.1, 0.15) is 112 Å². The van der Waals surface area contributed by atoms with Crippen LogP contribution in [0.4, 0.5) is 5.69 Å². The van der Waals surface area contributed by atoms with E-state index in [-0.39, 0.29) is 85.3 Å². The molecule has 0 aromatic heterocycles. The standard InChI is InChI=1S/C17H23NO4.C17H25NO3.C15H21NO2.C9H15NO3.C8H13NO3.C7H7NO2.CH4.CH3.ClH.Mg/c1-18-8-7-17(21-9-10-22-17)12-14(16(18)19)11-13-3-5-15(20-2)6-4-13;1-18-8-7-17(20-9-10-21-17)12-15(13-18)11-14-3-5-16(19-2)6-4-14;1-16-8-7-14(17)10-13(11-16)9-12-3-5-15(18-2)6-4-12;1-10-5-4-9(3-2-8(10)11)12-6-7-13-9;10-7-1-2-8(3-4-9-7)11-5-6-12-8;8-6-3-1-5(2-4-6)7(9)10;;;;/h3-6,14H,7-12H2,1-2H3;3-6,15H,7-13H2,1-2H3;3-6,13H,7-11H2,1-2H3;2-7H2,1H3;1-6H2,(H,9,10);1-4H,8H2,(H,9,10);1H4;1H3;1H;/q;;;;;;;-1;;+2/p-1. The first-order chi connectivity index (χ1) is 46.2. The molecule has 552 valence electrons. The number of ketones is 1. The number of amides is 3. The van der Waals surface area contributed by atoms with Gasteiger partial charge in [-0.2, -0.15) is 0 Å². The first kappa shape index (κ1) is 86.7. The summed E-state index contributed by atoms with van der Waals surface area (Å²) < 4.78 is 61.2. The number of nitrogens with zero attached hydrogens (tertiary/aromatic N) is 4. The van der Waals surface area contributed by atoms with E-state index in [2.05, 4.69) is 53.5 Å². The van der Waals surface area contributed by atoms with E-state index in [0.29, 0.717) is 121 Å². The maximum Gasteiger partial charge on any atom is 2.00 e. The van der Waals surface area contributed by atoms with Crippen molar-refractivity contribution in [3.05, 3.63) is 127 Å². The maximum absolute atomic E-state index is 12.6. The van der Waals surface area contributed by atoms with Crippen molar-refractivity contribution in [2.75, 3.05) is 154 Å². The van der Waals surface area contributed by atoms with Gasteiger partial charge in [0.25, 0.3) is 0 Å². The fraction of sp³-hybridized carbons (Fsp3) is 0.600. The Bertz CT molecular complexity index is 3060. The number of halogens is 1. The van der Waals surface area contributed by atoms with Crippen LogP contribution in [0.25, 0.3) is 0 Å². The Morgan fingerprint density at radius 2 is 0.930 bits per heavy atom. The molecule has 0 saturated carbocycles. The number of carbonyl (C=O) groups is 5. The van der Waals surface area contributed by atoms with E-state index in [9.17, 15) is 24.0 Å². The molecule has 100 heavy (non-hydrogen) atoms. The Morgan fingerprint density at radius 1 is 0.520 bits per heavy atom. The van der Waals surface area contributed by atoms with Crippen LogP contribution in [-0.4, -0.2) is 249 Å². The summed E-state index contributed by atoms with van der Waals surface area (Å²) >= 11 is 0. The number of nitrogens with two attached hydrogens (primary N) is 1. The Morgan fingerprint density at radius 3 is 1.43 bits per heavy atom. The second-order valence-corrected chi connectivity index (χ2v) is 26.3. The van der Waals surface area contributed by atoms with E-state index in [0.717, 1.165) is 120 Å². The van der Waals surface area contributed by atoms with E-state index in [1.807, 2.05) is 62.6 Å². The van der Waals surface area contributed by atoms with Crippen molar-refractivity contribution >= 4 is 58.2 Å². The summed E-state index contributed by atoms with van der Waals surface area (Å²) in [6, 6.07) is 30.5. The smallest absolute Gasteiger partial charge is 1.00 e. The Balaban J connectivity index is 0.000000258. The molecule has 3 atom stereocenters. The predicted molar refractivity (Wildman–Crippen MR) is 380 cm³/mol. The number of nitrogen functional groups attached to an aromatic ring is 1. The third-order valence-electron chi connectivity index (χ3n) is 19.0. The molecule has 23 nitrogen and oxygen atoms in total. The van der Waals surface area contributed by atoms with Gasteiger partial charge < -0.3 is 108 Å². The van der Waals surface area contributed by atoms with Gasteiger partial charge in [-0.3, -0.25) is 19.2 Å². The average molecular weight is 1430 g/mol. The second kappa shape index (κ2) is 42.8. The summed E-state index contributed by atoms with van der Waals surface area (Å²) in [6.45, 7) is 11.5. The predicted octanol–water partition coefficient (Wildman–Crippen LogP) is 5.40. The molecular weight excluding hydrogens is 1320 g/mol. The number of carboxylic acid groups (broad SMARTS) is 1. The van der Waals surface area contributed by atoms with Gasteiger partial charge in [-0.05, 0) is 123 Å². The van der Waals surface area contributed by atoms with Crippen molar-refractivity contribution in [3.63, 3.8) is 0 Å². The van der Waals surface area contributed by atoms with E-state index in [1.165, 1.54) is 23.3 Å². The van der Waals surface area contributed by atoms with Crippen molar-refractivity contribution in [1.82, 2.24) is 24.9 Å². The van der Waals surface area contributed by atoms with Crippen LogP contribution in [0.2, 0.25) is 0 Å². The van der Waals surface area contributed by atoms with Gasteiger partial charge in [0.2, 0.25) is 17.7 Å². The van der Waals surface area contributed by atoms with Crippen LogP contribution < -0.4 is 37.7 Å². The number of aromatic carboxylic acids is 1. The van der Waals surface area contributed by atoms with E-state index >= 15 is 0 Å². The summed E-state index contributed by atoms with van der Waals surface area (Å²) in [5.41, 5.74) is 9.93. The number of benzene rings is 4. The number of hydrogen-bond acceptors (Lipinski definition) is 19. The van der Waals surface area contributed by atoms with Crippen LogP contribution in [0.15, 0.2) is 97.1 Å². The van der Waals surface area contributed by atoms with E-state index in [1.54, 1.807) is 43.3 Å². The summed E-state index contributed by atoms with van der Waals surface area (Å²) in [7, 11) is 13.0. The topological polar surface area (TPSA) is 258 Å². The number of methoxy groups -OCH3 is 3. The number of carbonyl (C=O) groups excluding carboxylic acids is 4. The van der Waals surface area contributed by atoms with Gasteiger partial charge in [-0.15, -0.1) is 0 Å². The largest absolute Gasteiger partial charge is 2.00 e. The van der Waals surface area contributed by atoms with Gasteiger partial charge in [0.05, 0.1) is 79.7 Å². The number of likely N-dealkylation sites (tertiary alicyclic amines) is 4. The normalized spacial score (nSPS) is 22.7. The number of ether oxygens (including phenoxy) is 11. The zero-order chi connectivity index (χ0) is 68.6. The van der Waals surface area contributed by atoms with Crippen LogP contribution in [0.5, 0.6) is 17.2 Å². The fourth-order valence-electron chi connectivity index (χ4n) is 13.5. The molecule has 4 spiro atoms. The van der Waals surface area contributed by atoms with Crippen molar-refractivity contribution in [2.45, 2.75) is 127 Å². The van der Waals surface area contributed by atoms with Gasteiger partial charge in [-0.1, -0.05) is 43.8 Å². The van der Waals surface area contributed by atoms with Crippen molar-refractivity contribution in [1.29, 1.82) is 0 Å². The number of anilines is 1. The molecule has 13 rings (SSSR count). The molecule has 9 saturated heterocycles. The molecule has 25 heteroatoms. The second-order valence-electron chi connectivity index (χ2n) is 26.3. The summed E-state index contributed by atoms with van der Waals surface area (Å²) in [4.78, 5) is 65.1. The number of carboxylic acids is 1. The molecule has 4 aromatic rings. The van der Waals surface area contributed by atoms with Crippen molar-refractivity contribution in [2.24, 2.45) is 17.8 Å². The number of Topliss-reactive ketones (excluding diaryl/α,β-unsaturated/α-hetero) is 1. The molecule has 3 unspecified atom stereocenters. The minimum absolute atomic E-state index is 0. The molecule has 9 fully saturated rings. The molecule has 9 heterocycles. The fourth-order valence-corrected chi connectivity index (χ4v) is 13.5. The van der Waals surface area contributed by atoms with Gasteiger partial charge in [0.1, 0.15) is 23.0 Å². The van der Waals surface area contributed by atoms with E-state index < -0.39 is 23.3 Å². The van der Waals surface area contributed by atoms with E-state index in [4.69, 9.17) is 62.9 Å². The molecule has 0 bridgehead atoms. The number of nitrogens with one attached hydrogen (secondary N) is 1. The third kappa shape index (κ3) is 27.2. The molecule has 9 aliphatic heterocycles. The quantitative estimate of drug-likeness (QED) is 0.102. The SMILES string of the molecule is C.CN1CCC2(CCC1=O)OCCO2.COc1ccc(CC2CC(=O)CCN(C)C2)cc1.COc1ccc(CC2CC3(CCN(C)C2=O)OCCO3)cc1.COc1ccc(CC2CN(C)CCC3(C2)OCCO3)cc1.Nc1ccc(C(=O)O)cc1.O=C1CCC2(CCN1)OCCO2.[CH3-].[Cl-].[Mg+2]. The zero-order valence-corrected chi connectivity index (χ0v) is 61.8. The molecule has 0 aliphatic carbocycles. The van der Waals surface area contributed by atoms with Crippen molar-refractivity contribution < 1.29 is 93.6 Å². The molecule has 3 amide bonds. The first-order valence-electron chi connectivity index (χ1n) is 33.9. The Labute approximate surface area is 615 Å². The van der Waals surface area contributed by atoms with Crippen LogP contribution >= 0.6 is 0 Å². The minimum atomic E-state index is -0.931. The van der Waals surface area contributed by atoms with Gasteiger partial charge >= 0.3 is 29.0 Å². The summed E-state index contributed by atoms with van der Waals surface area (Å²) in [6.07, 6.45) is 11.5. The molecular formula is C75H111ClMgN6O17. The number of rotatable bonds is 10. The van der Waals surface area contributed by atoms with Gasteiger partial charge in [0, 0.05) is 149 Å². The summed E-state index contributed by atoms with van der Waals surface area (Å²) in [5.74, 6) is 1.66. The third-order valence-corrected chi connectivity index (χ3v) is 19.0. The Hall–Kier alpha value is -5.71. The number of hydrogen-bond donors (Lipinski definition) is 3. The molecule has 4 aromatic carbocycles. The van der Waals surface area contributed by atoms with Crippen LogP contribution in [0, 0.1) is 25.2 Å². The average Bonchev–Trinajstić information content (AvgIpc) is 1.67. The molecule has 4 N–H and O–H groups in total. The maximum atomic E-state index is 12.6. The monoisotopic (exact) mass is 1430 g/mol. The molecule has 9 aliphatic rings. The van der Waals surface area contributed by atoms with Crippen molar-refractivity contribution in [3.8, 4) is 17.2 Å². The zero-order valence-electron chi connectivity index (χ0n) is 59.6. The summed E-state index contributed by atoms with van der Waals surface area (Å²) in [5, 5.41) is 11.2. The van der Waals surface area contributed by atoms with Crippen LogP contribution in [0.3, 0.4) is 0 Å². The molecule has 0 radical (unpaired) electrons. The van der Waals surface area contributed by atoms with Gasteiger partial charge in [0.15, 0.2) is 23.1 Å². The Kier molecular flexibility index (Phi) is 37.1. The first-order valence-corrected chi connectivity index (χ1v) is 33.9. The minimum Gasteiger partial charge on any atom is -1.00 e. The van der Waals surface area contributed by atoms with Crippen LogP contribution in [-0.2, 0) is 76.3 Å². The van der Waals surface area contributed by atoms with Gasteiger partial charge in [-0.25, -0.2) is 4.79 Å².